The molecule has 1 aliphatic heterocycles. The van der Waals surface area contributed by atoms with E-state index in [1.165, 1.54) is 0 Å². The Morgan fingerprint density at radius 2 is 2.37 bits per heavy atom. The van der Waals surface area contributed by atoms with Crippen LogP contribution >= 0.6 is 11.6 Å². The second-order valence-electron chi connectivity index (χ2n) is 4.76. The van der Waals surface area contributed by atoms with Gasteiger partial charge in [0.2, 0.25) is 5.91 Å². The SMILES string of the molecule is CCOc1ccc(Cl)cc1NC(=O)C1NCCC1C. The van der Waals surface area contributed by atoms with Crippen LogP contribution in [-0.2, 0) is 4.79 Å². The molecule has 4 nitrogen and oxygen atoms in total. The van der Waals surface area contributed by atoms with Crippen molar-refractivity contribution >= 4 is 23.2 Å². The molecule has 1 heterocycles. The number of rotatable bonds is 4. The molecule has 1 aromatic carbocycles. The summed E-state index contributed by atoms with van der Waals surface area (Å²) < 4.78 is 5.49. The number of amides is 1. The fourth-order valence-corrected chi connectivity index (χ4v) is 2.45. The third-order valence-corrected chi connectivity index (χ3v) is 3.55. The first-order valence-electron chi connectivity index (χ1n) is 6.58. The Kier molecular flexibility index (Phi) is 4.66. The number of hydrogen-bond donors (Lipinski definition) is 2. The van der Waals surface area contributed by atoms with Crippen LogP contribution in [0, 0.1) is 5.92 Å². The average molecular weight is 283 g/mol. The highest BCUT2D eigenvalue weighted by molar-refractivity contribution is 6.31. The Bertz CT molecular complexity index is 465. The molecule has 1 saturated heterocycles. The minimum atomic E-state index is -0.145. The quantitative estimate of drug-likeness (QED) is 0.893. The molecular weight excluding hydrogens is 264 g/mol. The molecule has 0 aliphatic carbocycles. The summed E-state index contributed by atoms with van der Waals surface area (Å²) in [6.07, 6.45) is 1.02. The van der Waals surface area contributed by atoms with Crippen molar-refractivity contribution in [2.75, 3.05) is 18.5 Å². The van der Waals surface area contributed by atoms with E-state index >= 15 is 0 Å². The molecule has 2 rings (SSSR count). The molecule has 2 N–H and O–H groups in total. The van der Waals surface area contributed by atoms with Crippen molar-refractivity contribution in [2.24, 2.45) is 5.92 Å². The van der Waals surface area contributed by atoms with Gasteiger partial charge in [0.15, 0.2) is 0 Å². The first kappa shape index (κ1) is 14.2. The van der Waals surface area contributed by atoms with Gasteiger partial charge in [0.1, 0.15) is 5.75 Å². The van der Waals surface area contributed by atoms with E-state index in [9.17, 15) is 4.79 Å². The highest BCUT2D eigenvalue weighted by Crippen LogP contribution is 2.29. The Morgan fingerprint density at radius 1 is 1.58 bits per heavy atom. The Balaban J connectivity index is 2.13. The molecule has 0 saturated carbocycles. The van der Waals surface area contributed by atoms with Gasteiger partial charge in [0.25, 0.3) is 0 Å². The predicted octanol–water partition coefficient (Wildman–Crippen LogP) is 2.68. The second kappa shape index (κ2) is 6.26. The largest absolute Gasteiger partial charge is 0.492 e. The van der Waals surface area contributed by atoms with Crippen LogP contribution in [0.5, 0.6) is 5.75 Å². The van der Waals surface area contributed by atoms with Crippen molar-refractivity contribution in [3.05, 3.63) is 23.2 Å². The zero-order valence-corrected chi connectivity index (χ0v) is 12.0. The van der Waals surface area contributed by atoms with Gasteiger partial charge in [0, 0.05) is 5.02 Å². The molecular formula is C14H19ClN2O2. The lowest BCUT2D eigenvalue weighted by Crippen LogP contribution is -2.39. The minimum absolute atomic E-state index is 0.0341. The van der Waals surface area contributed by atoms with Crippen molar-refractivity contribution in [3.63, 3.8) is 0 Å². The van der Waals surface area contributed by atoms with E-state index in [2.05, 4.69) is 17.6 Å². The molecule has 0 bridgehead atoms. The van der Waals surface area contributed by atoms with E-state index in [1.807, 2.05) is 6.92 Å². The minimum Gasteiger partial charge on any atom is -0.492 e. The predicted molar refractivity (Wildman–Crippen MR) is 76.8 cm³/mol. The summed E-state index contributed by atoms with van der Waals surface area (Å²) in [7, 11) is 0. The Labute approximate surface area is 118 Å². The van der Waals surface area contributed by atoms with Crippen molar-refractivity contribution in [2.45, 2.75) is 26.3 Å². The molecule has 1 fully saturated rings. The van der Waals surface area contributed by atoms with Gasteiger partial charge < -0.3 is 15.4 Å². The Morgan fingerprint density at radius 3 is 3.00 bits per heavy atom. The van der Waals surface area contributed by atoms with Crippen LogP contribution in [0.4, 0.5) is 5.69 Å². The summed E-state index contributed by atoms with van der Waals surface area (Å²) in [5.41, 5.74) is 0.625. The second-order valence-corrected chi connectivity index (χ2v) is 5.20. The van der Waals surface area contributed by atoms with Gasteiger partial charge in [0.05, 0.1) is 18.3 Å². The molecule has 0 aromatic heterocycles. The monoisotopic (exact) mass is 282 g/mol. The van der Waals surface area contributed by atoms with E-state index < -0.39 is 0 Å². The van der Waals surface area contributed by atoms with Gasteiger partial charge in [-0.1, -0.05) is 18.5 Å². The summed E-state index contributed by atoms with van der Waals surface area (Å²) in [5.74, 6) is 0.953. The zero-order chi connectivity index (χ0) is 13.8. The summed E-state index contributed by atoms with van der Waals surface area (Å²) in [5, 5.41) is 6.68. The summed E-state index contributed by atoms with van der Waals surface area (Å²) in [6.45, 7) is 5.40. The first-order chi connectivity index (χ1) is 9.11. The smallest absolute Gasteiger partial charge is 0.241 e. The molecule has 0 spiro atoms. The first-order valence-corrected chi connectivity index (χ1v) is 6.96. The van der Waals surface area contributed by atoms with Crippen LogP contribution in [0.3, 0.4) is 0 Å². The number of benzene rings is 1. The van der Waals surface area contributed by atoms with Gasteiger partial charge in [-0.3, -0.25) is 4.79 Å². The number of anilines is 1. The molecule has 5 heteroatoms. The average Bonchev–Trinajstić information content (AvgIpc) is 2.79. The Hall–Kier alpha value is -1.26. The van der Waals surface area contributed by atoms with Gasteiger partial charge in [-0.2, -0.15) is 0 Å². The molecule has 2 unspecified atom stereocenters. The maximum atomic E-state index is 12.2. The van der Waals surface area contributed by atoms with Gasteiger partial charge in [-0.05, 0) is 44.0 Å². The zero-order valence-electron chi connectivity index (χ0n) is 11.2. The van der Waals surface area contributed by atoms with E-state index in [-0.39, 0.29) is 11.9 Å². The molecule has 1 amide bonds. The van der Waals surface area contributed by atoms with Crippen LogP contribution < -0.4 is 15.4 Å². The summed E-state index contributed by atoms with van der Waals surface area (Å²) >= 11 is 5.97. The van der Waals surface area contributed by atoms with Crippen LogP contribution in [0.2, 0.25) is 5.02 Å². The van der Waals surface area contributed by atoms with Gasteiger partial charge in [-0.15, -0.1) is 0 Å². The molecule has 1 aliphatic rings. The number of halogens is 1. The van der Waals surface area contributed by atoms with Crippen molar-refractivity contribution in [1.82, 2.24) is 5.32 Å². The fourth-order valence-electron chi connectivity index (χ4n) is 2.28. The summed E-state index contributed by atoms with van der Waals surface area (Å²) in [4.78, 5) is 12.2. The van der Waals surface area contributed by atoms with Crippen LogP contribution in [-0.4, -0.2) is 25.1 Å². The van der Waals surface area contributed by atoms with E-state index in [0.717, 1.165) is 13.0 Å². The summed E-state index contributed by atoms with van der Waals surface area (Å²) in [6, 6.07) is 5.09. The molecule has 0 radical (unpaired) electrons. The maximum absolute atomic E-state index is 12.2. The molecule has 1 aromatic rings. The fraction of sp³-hybridized carbons (Fsp3) is 0.500. The third-order valence-electron chi connectivity index (χ3n) is 3.31. The number of carbonyl (C=O) groups is 1. The van der Waals surface area contributed by atoms with Crippen molar-refractivity contribution < 1.29 is 9.53 Å². The van der Waals surface area contributed by atoms with Gasteiger partial charge in [-0.25, -0.2) is 0 Å². The highest BCUT2D eigenvalue weighted by Gasteiger charge is 2.29. The van der Waals surface area contributed by atoms with E-state index in [1.54, 1.807) is 18.2 Å². The number of carbonyl (C=O) groups excluding carboxylic acids is 1. The molecule has 2 atom stereocenters. The van der Waals surface area contributed by atoms with E-state index in [0.29, 0.717) is 29.0 Å². The third kappa shape index (κ3) is 3.39. The number of nitrogens with one attached hydrogen (secondary N) is 2. The van der Waals surface area contributed by atoms with Crippen LogP contribution in [0.1, 0.15) is 20.3 Å². The molecule has 104 valence electrons. The lowest BCUT2D eigenvalue weighted by atomic mass is 10.0. The molecule has 19 heavy (non-hydrogen) atoms. The maximum Gasteiger partial charge on any atom is 0.241 e. The van der Waals surface area contributed by atoms with Crippen LogP contribution in [0.15, 0.2) is 18.2 Å². The number of hydrogen-bond acceptors (Lipinski definition) is 3. The lowest BCUT2D eigenvalue weighted by molar-refractivity contribution is -0.118. The van der Waals surface area contributed by atoms with Crippen molar-refractivity contribution in [1.29, 1.82) is 0 Å². The normalized spacial score (nSPS) is 22.3. The topological polar surface area (TPSA) is 50.4 Å². The standard InChI is InChI=1S/C14H19ClN2O2/c1-3-19-12-5-4-10(15)8-11(12)17-14(18)13-9(2)6-7-16-13/h4-5,8-9,13,16H,3,6-7H2,1-2H3,(H,17,18). The van der Waals surface area contributed by atoms with Gasteiger partial charge >= 0.3 is 0 Å². The van der Waals surface area contributed by atoms with Crippen LogP contribution in [0.25, 0.3) is 0 Å². The van der Waals surface area contributed by atoms with E-state index in [4.69, 9.17) is 16.3 Å². The number of ether oxygens (including phenoxy) is 1. The van der Waals surface area contributed by atoms with Crippen molar-refractivity contribution in [3.8, 4) is 5.75 Å². The lowest BCUT2D eigenvalue weighted by Gasteiger charge is -2.17. The highest BCUT2D eigenvalue weighted by atomic mass is 35.5.